The van der Waals surface area contributed by atoms with Crippen LogP contribution in [-0.2, 0) is 10.4 Å². The van der Waals surface area contributed by atoms with Gasteiger partial charge in [-0.3, -0.25) is 9.59 Å². The van der Waals surface area contributed by atoms with Crippen LogP contribution in [0.5, 0.6) is 0 Å². The maximum atomic E-state index is 13.6. The summed E-state index contributed by atoms with van der Waals surface area (Å²) in [5.74, 6) is -0.211. The Morgan fingerprint density at radius 2 is 1.45 bits per heavy atom. The molecule has 1 heterocycles. The van der Waals surface area contributed by atoms with Gasteiger partial charge in [0.1, 0.15) is 5.60 Å². The SMILES string of the molecule is CCC(CC)C(=O)Nc1ccc(N2CCC(C(O)(c3ccccc3)c3ccccc3)CC2)c(C(=O)NCCN(CC)CC)c1. The molecular weight excluding hydrogens is 548 g/mol. The molecule has 0 bridgehead atoms. The van der Waals surface area contributed by atoms with Crippen molar-refractivity contribution in [1.82, 2.24) is 10.2 Å². The molecule has 1 fully saturated rings. The van der Waals surface area contributed by atoms with Gasteiger partial charge in [-0.05, 0) is 74.0 Å². The molecule has 1 aliphatic heterocycles. The Labute approximate surface area is 263 Å². The quantitative estimate of drug-likeness (QED) is 0.203. The fourth-order valence-electron chi connectivity index (χ4n) is 6.50. The lowest BCUT2D eigenvalue weighted by Gasteiger charge is -2.43. The molecule has 0 atom stereocenters. The van der Waals surface area contributed by atoms with Crippen molar-refractivity contribution in [1.29, 1.82) is 0 Å². The number of hydrogen-bond donors (Lipinski definition) is 3. The minimum Gasteiger partial charge on any atom is -0.380 e. The molecule has 44 heavy (non-hydrogen) atoms. The standard InChI is InChI=1S/C37H50N4O3/c1-5-28(6-2)35(42)39-32-19-20-34(33(27-32)36(43)38-23-26-40(7-3)8-4)41-24-21-31(22-25-41)37(44,29-15-11-9-12-16-29)30-17-13-10-14-18-30/h9-20,27-28,31,44H,5-8,21-26H2,1-4H3,(H,38,43)(H,39,42). The summed E-state index contributed by atoms with van der Waals surface area (Å²) in [6.07, 6.45) is 3.06. The van der Waals surface area contributed by atoms with Crippen molar-refractivity contribution in [3.8, 4) is 0 Å². The summed E-state index contributed by atoms with van der Waals surface area (Å²) in [5.41, 5.74) is 2.74. The highest BCUT2D eigenvalue weighted by atomic mass is 16.3. The van der Waals surface area contributed by atoms with Crippen LogP contribution in [0, 0.1) is 11.8 Å². The molecule has 236 valence electrons. The maximum absolute atomic E-state index is 13.6. The highest BCUT2D eigenvalue weighted by Crippen LogP contribution is 2.43. The van der Waals surface area contributed by atoms with Crippen molar-refractivity contribution in [2.75, 3.05) is 49.5 Å². The summed E-state index contributed by atoms with van der Waals surface area (Å²) in [7, 11) is 0. The average Bonchev–Trinajstić information content (AvgIpc) is 3.07. The molecule has 0 aromatic heterocycles. The maximum Gasteiger partial charge on any atom is 0.253 e. The monoisotopic (exact) mass is 598 g/mol. The Morgan fingerprint density at radius 3 is 1.98 bits per heavy atom. The largest absolute Gasteiger partial charge is 0.380 e. The number of carbonyl (C=O) groups excluding carboxylic acids is 2. The minimum absolute atomic E-state index is 0.00785. The van der Waals surface area contributed by atoms with E-state index in [0.29, 0.717) is 30.9 Å². The number of benzene rings is 3. The zero-order chi connectivity index (χ0) is 31.5. The van der Waals surface area contributed by atoms with Gasteiger partial charge >= 0.3 is 0 Å². The van der Waals surface area contributed by atoms with Crippen molar-refractivity contribution in [2.24, 2.45) is 11.8 Å². The molecule has 3 aromatic carbocycles. The van der Waals surface area contributed by atoms with Crippen LogP contribution in [0.25, 0.3) is 0 Å². The Balaban J connectivity index is 1.57. The van der Waals surface area contributed by atoms with Crippen LogP contribution in [-0.4, -0.2) is 61.1 Å². The van der Waals surface area contributed by atoms with Gasteiger partial charge in [0.2, 0.25) is 5.91 Å². The van der Waals surface area contributed by atoms with Crippen LogP contribution in [0.1, 0.15) is 74.9 Å². The third-order valence-corrected chi connectivity index (χ3v) is 9.33. The molecule has 1 saturated heterocycles. The number of rotatable bonds is 14. The lowest BCUT2D eigenvalue weighted by molar-refractivity contribution is -0.120. The third kappa shape index (κ3) is 7.69. The van der Waals surface area contributed by atoms with Crippen LogP contribution in [0.3, 0.4) is 0 Å². The lowest BCUT2D eigenvalue weighted by atomic mass is 9.72. The first-order chi connectivity index (χ1) is 21.3. The molecule has 3 aromatic rings. The first-order valence-corrected chi connectivity index (χ1v) is 16.4. The van der Waals surface area contributed by atoms with Crippen molar-refractivity contribution in [3.05, 3.63) is 95.6 Å². The zero-order valence-corrected chi connectivity index (χ0v) is 26.9. The van der Waals surface area contributed by atoms with E-state index < -0.39 is 5.60 Å². The van der Waals surface area contributed by atoms with E-state index >= 15 is 0 Å². The van der Waals surface area contributed by atoms with Gasteiger partial charge in [-0.25, -0.2) is 0 Å². The number of nitrogens with one attached hydrogen (secondary N) is 2. The summed E-state index contributed by atoms with van der Waals surface area (Å²) in [5, 5.41) is 18.5. The second-order valence-corrected chi connectivity index (χ2v) is 11.8. The highest BCUT2D eigenvalue weighted by molar-refractivity contribution is 6.02. The predicted octanol–water partition coefficient (Wildman–Crippen LogP) is 6.29. The van der Waals surface area contributed by atoms with Crippen molar-refractivity contribution in [2.45, 2.75) is 59.0 Å². The van der Waals surface area contributed by atoms with Gasteiger partial charge in [-0.2, -0.15) is 0 Å². The van der Waals surface area contributed by atoms with E-state index in [1.165, 1.54) is 0 Å². The number of amides is 2. The molecule has 0 aliphatic carbocycles. The van der Waals surface area contributed by atoms with Crippen LogP contribution in [0.4, 0.5) is 11.4 Å². The van der Waals surface area contributed by atoms with Crippen LogP contribution in [0.2, 0.25) is 0 Å². The van der Waals surface area contributed by atoms with Crippen molar-refractivity contribution >= 4 is 23.2 Å². The molecule has 1 aliphatic rings. The van der Waals surface area contributed by atoms with Crippen LogP contribution in [0.15, 0.2) is 78.9 Å². The number of hydrogen-bond acceptors (Lipinski definition) is 5. The number of anilines is 2. The van der Waals surface area contributed by atoms with E-state index in [1.807, 2.05) is 92.7 Å². The second-order valence-electron chi connectivity index (χ2n) is 11.8. The van der Waals surface area contributed by atoms with E-state index in [1.54, 1.807) is 0 Å². The van der Waals surface area contributed by atoms with Gasteiger partial charge in [0.25, 0.3) is 5.91 Å². The molecule has 3 N–H and O–H groups in total. The number of aliphatic hydroxyl groups is 1. The fourth-order valence-corrected chi connectivity index (χ4v) is 6.50. The van der Waals surface area contributed by atoms with Gasteiger partial charge in [-0.1, -0.05) is 88.4 Å². The average molecular weight is 599 g/mol. The molecule has 2 amide bonds. The normalized spacial score (nSPS) is 14.2. The predicted molar refractivity (Wildman–Crippen MR) is 180 cm³/mol. The molecule has 0 saturated carbocycles. The molecule has 7 nitrogen and oxygen atoms in total. The number of nitrogens with zero attached hydrogens (tertiary/aromatic N) is 2. The number of likely N-dealkylation sites (N-methyl/N-ethyl adjacent to an activating group) is 1. The minimum atomic E-state index is -1.11. The van der Waals surface area contributed by atoms with E-state index in [2.05, 4.69) is 34.3 Å². The van der Waals surface area contributed by atoms with Crippen LogP contribution < -0.4 is 15.5 Å². The number of carbonyl (C=O) groups is 2. The van der Waals surface area contributed by atoms with Crippen LogP contribution >= 0.6 is 0 Å². The number of piperidine rings is 1. The topological polar surface area (TPSA) is 84.9 Å². The van der Waals surface area contributed by atoms with Crippen molar-refractivity contribution in [3.63, 3.8) is 0 Å². The van der Waals surface area contributed by atoms with E-state index in [-0.39, 0.29) is 23.7 Å². The summed E-state index contributed by atoms with van der Waals surface area (Å²) < 4.78 is 0. The zero-order valence-electron chi connectivity index (χ0n) is 26.9. The van der Waals surface area contributed by atoms with Gasteiger partial charge in [0.05, 0.1) is 5.56 Å². The third-order valence-electron chi connectivity index (χ3n) is 9.33. The molecule has 0 radical (unpaired) electrons. The van der Waals surface area contributed by atoms with E-state index in [9.17, 15) is 14.7 Å². The first kappa shape index (κ1) is 33.2. The highest BCUT2D eigenvalue weighted by Gasteiger charge is 2.41. The molecule has 0 unspecified atom stereocenters. The smallest absolute Gasteiger partial charge is 0.253 e. The molecular formula is C37H50N4O3. The Morgan fingerprint density at radius 1 is 0.886 bits per heavy atom. The van der Waals surface area contributed by atoms with E-state index in [0.717, 1.165) is 62.1 Å². The Kier molecular flexibility index (Phi) is 12.0. The summed E-state index contributed by atoms with van der Waals surface area (Å²) in [6.45, 7) is 12.9. The van der Waals surface area contributed by atoms with Crippen molar-refractivity contribution < 1.29 is 14.7 Å². The fraction of sp³-hybridized carbons (Fsp3) is 0.459. The Hall–Kier alpha value is -3.68. The second kappa shape index (κ2) is 15.9. The van der Waals surface area contributed by atoms with Gasteiger partial charge in [0.15, 0.2) is 0 Å². The summed E-state index contributed by atoms with van der Waals surface area (Å²) >= 11 is 0. The van der Waals surface area contributed by atoms with Gasteiger partial charge < -0.3 is 25.5 Å². The van der Waals surface area contributed by atoms with Gasteiger partial charge in [-0.15, -0.1) is 0 Å². The van der Waals surface area contributed by atoms with E-state index in [4.69, 9.17) is 0 Å². The first-order valence-electron chi connectivity index (χ1n) is 16.4. The molecule has 0 spiro atoms. The summed E-state index contributed by atoms with van der Waals surface area (Å²) in [6, 6.07) is 25.6. The summed E-state index contributed by atoms with van der Waals surface area (Å²) in [4.78, 5) is 31.0. The lowest BCUT2D eigenvalue weighted by Crippen LogP contribution is -2.45. The molecule has 4 rings (SSSR count). The Bertz CT molecular complexity index is 1290. The molecule has 7 heteroatoms. The van der Waals surface area contributed by atoms with Gasteiger partial charge in [0, 0.05) is 43.5 Å².